The second kappa shape index (κ2) is 5.62. The molecule has 0 saturated carbocycles. The van der Waals surface area contributed by atoms with Crippen LogP contribution in [0, 0.1) is 10.1 Å². The van der Waals surface area contributed by atoms with Gasteiger partial charge < -0.3 is 0 Å². The third kappa shape index (κ3) is 4.36. The second-order valence-electron chi connectivity index (χ2n) is 3.91. The van der Waals surface area contributed by atoms with Crippen molar-refractivity contribution in [3.63, 3.8) is 0 Å². The molecule has 0 spiro atoms. The van der Waals surface area contributed by atoms with Gasteiger partial charge in [-0.15, -0.1) is 26.3 Å². The Balaban J connectivity index is 3.16. The molecule has 0 bridgehead atoms. The van der Waals surface area contributed by atoms with Crippen molar-refractivity contribution in [3.05, 3.63) is 45.6 Å². The van der Waals surface area contributed by atoms with E-state index < -0.39 is 28.1 Å². The maximum absolute atomic E-state index is 12.4. The average Bonchev–Trinajstić information content (AvgIpc) is 2.27. The van der Waals surface area contributed by atoms with Crippen LogP contribution in [-0.2, 0) is 0 Å². The first kappa shape index (κ1) is 16.8. The number of benzene rings is 1. The molecule has 0 aromatic heterocycles. The molecule has 1 aromatic carbocycles. The molecule has 0 aliphatic carbocycles. The Bertz CT molecular complexity index is 533. The van der Waals surface area contributed by atoms with Gasteiger partial charge in [0, 0.05) is 13.0 Å². The van der Waals surface area contributed by atoms with Gasteiger partial charge in [-0.2, -0.15) is 4.90 Å². The molecule has 0 N–H and O–H groups in total. The molecule has 4 nitrogen and oxygen atoms in total. The summed E-state index contributed by atoms with van der Waals surface area (Å²) in [6.07, 6.45) is -10.2. The summed E-state index contributed by atoms with van der Waals surface area (Å²) in [7, 11) is 0. The lowest BCUT2D eigenvalue weighted by atomic mass is 10.1. The van der Waals surface area contributed by atoms with Gasteiger partial charge in [0.1, 0.15) is 0 Å². The molecule has 0 amide bonds. The van der Waals surface area contributed by atoms with Crippen molar-refractivity contribution >= 4 is 11.8 Å². The first-order chi connectivity index (χ1) is 9.43. The second-order valence-corrected chi connectivity index (χ2v) is 3.91. The van der Waals surface area contributed by atoms with Crippen LogP contribution in [0.5, 0.6) is 0 Å². The Hall–Kier alpha value is -2.26. The molecular weight excluding hydrogens is 306 g/mol. The summed E-state index contributed by atoms with van der Waals surface area (Å²) < 4.78 is 74.5. The highest BCUT2D eigenvalue weighted by molar-refractivity contribution is 5.57. The fourth-order valence-electron chi connectivity index (χ4n) is 1.45. The van der Waals surface area contributed by atoms with Crippen molar-refractivity contribution < 1.29 is 31.3 Å². The predicted octanol–water partition coefficient (Wildman–Crippen LogP) is 4.17. The van der Waals surface area contributed by atoms with Crippen molar-refractivity contribution in [2.75, 3.05) is 4.90 Å². The zero-order valence-corrected chi connectivity index (χ0v) is 10.4. The Morgan fingerprint density at radius 3 is 1.86 bits per heavy atom. The lowest BCUT2D eigenvalue weighted by Crippen LogP contribution is -2.48. The molecule has 0 fully saturated rings. The minimum atomic E-state index is -5.63. The first-order valence-corrected chi connectivity index (χ1v) is 5.29. The largest absolute Gasteiger partial charge is 0.491 e. The van der Waals surface area contributed by atoms with Gasteiger partial charge in [-0.05, 0) is 17.7 Å². The van der Waals surface area contributed by atoms with Gasteiger partial charge >= 0.3 is 12.6 Å². The number of hydrogen-bond acceptors (Lipinski definition) is 3. The van der Waals surface area contributed by atoms with E-state index in [0.29, 0.717) is 12.1 Å². The maximum atomic E-state index is 12.4. The van der Waals surface area contributed by atoms with Gasteiger partial charge in [0.05, 0.1) is 10.6 Å². The molecule has 0 aliphatic rings. The summed E-state index contributed by atoms with van der Waals surface area (Å²) in [4.78, 5) is 8.00. The third-order valence-electron chi connectivity index (χ3n) is 2.32. The van der Waals surface area contributed by atoms with Crippen molar-refractivity contribution in [2.45, 2.75) is 19.5 Å². The van der Waals surface area contributed by atoms with Crippen molar-refractivity contribution in [1.82, 2.24) is 0 Å². The number of hydrogen-bond donors (Lipinski definition) is 0. The first-order valence-electron chi connectivity index (χ1n) is 5.29. The molecule has 0 heterocycles. The fraction of sp³-hybridized carbons (Fsp3) is 0.273. The van der Waals surface area contributed by atoms with Crippen LogP contribution < -0.4 is 4.90 Å². The predicted molar refractivity (Wildman–Crippen MR) is 61.7 cm³/mol. The van der Waals surface area contributed by atoms with Crippen LogP contribution in [0.1, 0.15) is 12.5 Å². The summed E-state index contributed by atoms with van der Waals surface area (Å²) in [6.45, 7) is 1.14. The number of nitro groups is 1. The maximum Gasteiger partial charge on any atom is 0.491 e. The number of allylic oxidation sites excluding steroid dienone is 1. The van der Waals surface area contributed by atoms with E-state index in [1.165, 1.54) is 0 Å². The van der Waals surface area contributed by atoms with Crippen molar-refractivity contribution in [3.8, 4) is 0 Å². The van der Waals surface area contributed by atoms with Crippen molar-refractivity contribution in [1.29, 1.82) is 0 Å². The Morgan fingerprint density at radius 2 is 1.52 bits per heavy atom. The van der Waals surface area contributed by atoms with Gasteiger partial charge in [-0.3, -0.25) is 10.1 Å². The van der Waals surface area contributed by atoms with E-state index in [9.17, 15) is 36.5 Å². The Morgan fingerprint density at radius 1 is 1.10 bits per heavy atom. The molecule has 21 heavy (non-hydrogen) atoms. The highest BCUT2D eigenvalue weighted by Gasteiger charge is 2.53. The van der Waals surface area contributed by atoms with Crippen LogP contribution in [0.4, 0.5) is 32.0 Å². The number of alkyl halides is 6. The number of anilines is 1. The van der Waals surface area contributed by atoms with E-state index in [1.807, 2.05) is 0 Å². The molecule has 116 valence electrons. The highest BCUT2D eigenvalue weighted by Crippen LogP contribution is 2.38. The van der Waals surface area contributed by atoms with Gasteiger partial charge in [0.15, 0.2) is 0 Å². The van der Waals surface area contributed by atoms with E-state index in [2.05, 4.69) is 0 Å². The molecular formula is C11H8F6N2O2. The molecule has 10 heteroatoms. The van der Waals surface area contributed by atoms with E-state index >= 15 is 0 Å². The molecule has 0 atom stereocenters. The summed E-state index contributed by atoms with van der Waals surface area (Å²) in [6, 6.07) is 3.01. The number of rotatable bonds is 3. The molecule has 0 saturated heterocycles. The van der Waals surface area contributed by atoms with Crippen LogP contribution in [0.25, 0.3) is 6.08 Å². The quantitative estimate of drug-likeness (QED) is 0.364. The van der Waals surface area contributed by atoms with Gasteiger partial charge in [-0.25, -0.2) is 0 Å². The molecule has 0 radical (unpaired) electrons. The normalized spacial score (nSPS) is 13.2. The van der Waals surface area contributed by atoms with Crippen LogP contribution in [0.3, 0.4) is 0 Å². The topological polar surface area (TPSA) is 46.4 Å². The van der Waals surface area contributed by atoms with E-state index in [-0.39, 0.29) is 11.3 Å². The zero-order valence-electron chi connectivity index (χ0n) is 10.4. The summed E-state index contributed by atoms with van der Waals surface area (Å²) >= 11 is 0. The van der Waals surface area contributed by atoms with E-state index in [4.69, 9.17) is 0 Å². The number of halogens is 6. The minimum absolute atomic E-state index is 0.109. The lowest BCUT2D eigenvalue weighted by Gasteiger charge is -2.28. The summed E-state index contributed by atoms with van der Waals surface area (Å²) in [5.41, 5.74) is -1.32. The van der Waals surface area contributed by atoms with E-state index in [1.54, 1.807) is 0 Å². The van der Waals surface area contributed by atoms with Gasteiger partial charge in [-0.1, -0.05) is 12.1 Å². The molecule has 1 rings (SSSR count). The SMILES string of the molecule is CC(=Cc1ccc(N(C(F)(F)F)C(F)(F)F)cc1)[N+](=O)[O-]. The lowest BCUT2D eigenvalue weighted by molar-refractivity contribution is -0.422. The monoisotopic (exact) mass is 314 g/mol. The highest BCUT2D eigenvalue weighted by atomic mass is 19.4. The van der Waals surface area contributed by atoms with Crippen LogP contribution in [0.15, 0.2) is 30.0 Å². The van der Waals surface area contributed by atoms with Crippen LogP contribution in [0.2, 0.25) is 0 Å². The number of nitrogens with zero attached hydrogens (tertiary/aromatic N) is 2. The molecule has 0 unspecified atom stereocenters. The van der Waals surface area contributed by atoms with Gasteiger partial charge in [0.2, 0.25) is 5.70 Å². The Kier molecular flexibility index (Phi) is 4.49. The smallest absolute Gasteiger partial charge is 0.259 e. The zero-order chi connectivity index (χ0) is 16.4. The fourth-order valence-corrected chi connectivity index (χ4v) is 1.45. The third-order valence-corrected chi connectivity index (χ3v) is 2.32. The van der Waals surface area contributed by atoms with Crippen LogP contribution >= 0.6 is 0 Å². The standard InChI is InChI=1S/C11H8F6N2O2/c1-7(19(20)21)6-8-2-4-9(5-3-8)18(10(12,13)14)11(15,16)17/h2-6H,1H3. The van der Waals surface area contributed by atoms with E-state index in [0.717, 1.165) is 25.1 Å². The summed E-state index contributed by atoms with van der Waals surface area (Å²) in [5.74, 6) is 0. The molecule has 1 aromatic rings. The Labute approximate surface area is 114 Å². The van der Waals surface area contributed by atoms with Crippen molar-refractivity contribution in [2.24, 2.45) is 0 Å². The van der Waals surface area contributed by atoms with Crippen LogP contribution in [-0.4, -0.2) is 17.5 Å². The molecule has 0 aliphatic heterocycles. The minimum Gasteiger partial charge on any atom is -0.259 e. The average molecular weight is 314 g/mol. The summed E-state index contributed by atoms with van der Waals surface area (Å²) in [5, 5.41) is 10.4. The van der Waals surface area contributed by atoms with Gasteiger partial charge in [0.25, 0.3) is 0 Å².